The quantitative estimate of drug-likeness (QED) is 0.694. The van der Waals surface area contributed by atoms with E-state index in [4.69, 9.17) is 0 Å². The predicted octanol–water partition coefficient (Wildman–Crippen LogP) is -0.757. The molecule has 7 nitrogen and oxygen atoms in total. The third kappa shape index (κ3) is 2.59. The van der Waals surface area contributed by atoms with Crippen LogP contribution in [0.4, 0.5) is 5.69 Å². The zero-order valence-electron chi connectivity index (χ0n) is 14.5. The number of phenolic OH excluding ortho intramolecular Hbond substituents is 1. The minimum Gasteiger partial charge on any atom is -0.544 e. The van der Waals surface area contributed by atoms with Gasteiger partial charge in [-0.15, -0.1) is 0 Å². The number of carbonyl (C=O) groups excluding carboxylic acids is 3. The Hall–Kier alpha value is -3.19. The number of rotatable bonds is 3. The fourth-order valence-electron chi connectivity index (χ4n) is 4.24. The lowest BCUT2D eigenvalue weighted by molar-refractivity contribution is -0.705. The number of carboxylic acid groups (broad SMARTS) is 1. The van der Waals surface area contributed by atoms with E-state index >= 15 is 0 Å². The van der Waals surface area contributed by atoms with Crippen molar-refractivity contribution in [3.8, 4) is 5.75 Å². The molecular formula is C20H18N2O5. The Labute approximate surface area is 155 Å². The van der Waals surface area contributed by atoms with E-state index in [1.165, 1.54) is 11.4 Å². The Kier molecular flexibility index (Phi) is 3.96. The van der Waals surface area contributed by atoms with Crippen molar-refractivity contribution in [1.29, 1.82) is 0 Å². The molecule has 2 aromatic carbocycles. The van der Waals surface area contributed by atoms with Crippen LogP contribution in [0.5, 0.6) is 5.75 Å². The molecule has 2 fully saturated rings. The number of aryl methyl sites for hydroxylation is 1. The number of benzene rings is 2. The van der Waals surface area contributed by atoms with Crippen LogP contribution in [0.3, 0.4) is 0 Å². The van der Waals surface area contributed by atoms with Crippen molar-refractivity contribution in [3.05, 3.63) is 59.7 Å². The van der Waals surface area contributed by atoms with Crippen molar-refractivity contribution in [3.63, 3.8) is 0 Å². The number of hydrogen-bond acceptors (Lipinski definition) is 5. The summed E-state index contributed by atoms with van der Waals surface area (Å²) in [6, 6.07) is 11.5. The highest BCUT2D eigenvalue weighted by Gasteiger charge is 2.63. The third-order valence-corrected chi connectivity index (χ3v) is 5.41. The molecule has 0 aliphatic carbocycles. The van der Waals surface area contributed by atoms with Crippen LogP contribution >= 0.6 is 0 Å². The largest absolute Gasteiger partial charge is 0.544 e. The van der Waals surface area contributed by atoms with E-state index in [1.807, 2.05) is 13.0 Å². The average molecular weight is 366 g/mol. The second kappa shape index (κ2) is 6.21. The molecule has 2 aromatic rings. The fraction of sp³-hybridized carbons (Fsp3) is 0.250. The Bertz CT molecular complexity index is 957. The molecular weight excluding hydrogens is 348 g/mol. The van der Waals surface area contributed by atoms with Gasteiger partial charge >= 0.3 is 0 Å². The Balaban J connectivity index is 1.80. The Morgan fingerprint density at radius 1 is 1.07 bits per heavy atom. The predicted molar refractivity (Wildman–Crippen MR) is 92.2 cm³/mol. The van der Waals surface area contributed by atoms with Crippen LogP contribution in [0.1, 0.15) is 17.2 Å². The lowest BCUT2D eigenvalue weighted by Gasteiger charge is -2.21. The van der Waals surface area contributed by atoms with Crippen LogP contribution in [-0.4, -0.2) is 28.9 Å². The van der Waals surface area contributed by atoms with Gasteiger partial charge in [0.1, 0.15) is 35.6 Å². The maximum absolute atomic E-state index is 13.2. The molecule has 2 amide bonds. The maximum Gasteiger partial charge on any atom is 0.244 e. The first kappa shape index (κ1) is 17.2. The van der Waals surface area contributed by atoms with Crippen molar-refractivity contribution < 1.29 is 29.9 Å². The zero-order chi connectivity index (χ0) is 19.3. The van der Waals surface area contributed by atoms with E-state index in [-0.39, 0.29) is 5.75 Å². The lowest BCUT2D eigenvalue weighted by atomic mass is 9.86. The van der Waals surface area contributed by atoms with Crippen molar-refractivity contribution in [2.24, 2.45) is 11.8 Å². The number of anilines is 1. The number of imide groups is 1. The molecule has 0 aromatic heterocycles. The molecule has 0 unspecified atom stereocenters. The number of aliphatic carboxylic acids is 1. The summed E-state index contributed by atoms with van der Waals surface area (Å²) in [5.41, 5.74) is 1.74. The van der Waals surface area contributed by atoms with Gasteiger partial charge in [-0.3, -0.25) is 9.59 Å². The SMILES string of the molecule is Cc1cccc(N2C(=O)[C@@H]3[C@H](C2=O)[C@@H](C(=O)[O-])[NH2+][C@H]3c2ccccc2O)c1. The summed E-state index contributed by atoms with van der Waals surface area (Å²) in [7, 11) is 0. The minimum atomic E-state index is -1.39. The first-order valence-electron chi connectivity index (χ1n) is 8.68. The lowest BCUT2D eigenvalue weighted by Crippen LogP contribution is -2.92. The summed E-state index contributed by atoms with van der Waals surface area (Å²) in [6.07, 6.45) is 0. The van der Waals surface area contributed by atoms with Gasteiger partial charge in [0.15, 0.2) is 0 Å². The maximum atomic E-state index is 13.2. The standard InChI is InChI=1S/C20H18N2O5/c1-10-5-4-6-11(9-10)22-18(24)14-15(19(22)25)17(20(26)27)21-16(14)12-7-2-3-8-13(12)23/h2-9,14-17,21,23H,1H3,(H,26,27)/t14-,15+,16+,17+/m1/s1. The number of nitrogens with zero attached hydrogens (tertiary/aromatic N) is 1. The summed E-state index contributed by atoms with van der Waals surface area (Å²) in [5.74, 6) is -4.34. The first-order chi connectivity index (χ1) is 12.9. The van der Waals surface area contributed by atoms with Gasteiger partial charge in [-0.2, -0.15) is 0 Å². The molecule has 0 spiro atoms. The number of fused-ring (bicyclic) bond motifs is 1. The van der Waals surface area contributed by atoms with Gasteiger partial charge in [0.2, 0.25) is 11.8 Å². The van der Waals surface area contributed by atoms with Gasteiger partial charge < -0.3 is 20.3 Å². The zero-order valence-corrected chi connectivity index (χ0v) is 14.5. The average Bonchev–Trinajstić information content (AvgIpc) is 3.13. The fourth-order valence-corrected chi connectivity index (χ4v) is 4.24. The van der Waals surface area contributed by atoms with E-state index in [2.05, 4.69) is 0 Å². The molecule has 0 bridgehead atoms. The summed E-state index contributed by atoms with van der Waals surface area (Å²) in [4.78, 5) is 38.9. The minimum absolute atomic E-state index is 0.0363. The normalized spacial score (nSPS) is 27.1. The third-order valence-electron chi connectivity index (χ3n) is 5.41. The molecule has 3 N–H and O–H groups in total. The number of carboxylic acids is 1. The van der Waals surface area contributed by atoms with E-state index in [9.17, 15) is 24.6 Å². The molecule has 2 saturated heterocycles. The van der Waals surface area contributed by atoms with Crippen LogP contribution in [0.2, 0.25) is 0 Å². The van der Waals surface area contributed by atoms with Crippen molar-refractivity contribution in [2.45, 2.75) is 19.0 Å². The number of nitrogens with two attached hydrogens (primary N) is 1. The molecule has 2 aliphatic heterocycles. The van der Waals surface area contributed by atoms with Crippen LogP contribution < -0.4 is 15.3 Å². The summed E-state index contributed by atoms with van der Waals surface area (Å²) < 4.78 is 0. The van der Waals surface area contributed by atoms with E-state index in [1.54, 1.807) is 36.4 Å². The smallest absolute Gasteiger partial charge is 0.244 e. The Morgan fingerprint density at radius 2 is 1.78 bits per heavy atom. The highest BCUT2D eigenvalue weighted by atomic mass is 16.4. The second-order valence-electron chi connectivity index (χ2n) is 7.02. The van der Waals surface area contributed by atoms with Gasteiger partial charge in [0.25, 0.3) is 0 Å². The molecule has 7 heteroatoms. The molecule has 0 radical (unpaired) electrons. The highest BCUT2D eigenvalue weighted by Crippen LogP contribution is 2.43. The number of aromatic hydroxyl groups is 1. The topological polar surface area (TPSA) is 114 Å². The van der Waals surface area contributed by atoms with Crippen LogP contribution in [-0.2, 0) is 14.4 Å². The number of phenols is 1. The molecule has 4 atom stereocenters. The van der Waals surface area contributed by atoms with Gasteiger partial charge in [-0.25, -0.2) is 4.90 Å². The Morgan fingerprint density at radius 3 is 2.44 bits per heavy atom. The molecule has 4 rings (SSSR count). The molecule has 2 aliphatic rings. The number of para-hydroxylation sites is 1. The molecule has 0 saturated carbocycles. The number of hydrogen-bond donors (Lipinski definition) is 2. The van der Waals surface area contributed by atoms with Crippen molar-refractivity contribution in [1.82, 2.24) is 0 Å². The highest BCUT2D eigenvalue weighted by molar-refractivity contribution is 6.23. The summed E-state index contributed by atoms with van der Waals surface area (Å²) >= 11 is 0. The number of carbonyl (C=O) groups is 3. The molecule has 2 heterocycles. The van der Waals surface area contributed by atoms with Crippen LogP contribution in [0, 0.1) is 18.8 Å². The second-order valence-corrected chi connectivity index (χ2v) is 7.02. The van der Waals surface area contributed by atoms with E-state index in [0.717, 1.165) is 10.5 Å². The van der Waals surface area contributed by atoms with Gasteiger partial charge in [-0.05, 0) is 36.8 Å². The van der Waals surface area contributed by atoms with Gasteiger partial charge in [0, 0.05) is 0 Å². The van der Waals surface area contributed by atoms with E-state index < -0.39 is 41.7 Å². The summed E-state index contributed by atoms with van der Waals surface area (Å²) in [6.45, 7) is 1.85. The monoisotopic (exact) mass is 366 g/mol. The number of quaternary nitrogens is 1. The summed E-state index contributed by atoms with van der Waals surface area (Å²) in [5, 5.41) is 23.3. The van der Waals surface area contributed by atoms with Crippen LogP contribution in [0.25, 0.3) is 0 Å². The van der Waals surface area contributed by atoms with Crippen molar-refractivity contribution >= 4 is 23.5 Å². The van der Waals surface area contributed by atoms with Gasteiger partial charge in [-0.1, -0.05) is 24.3 Å². The van der Waals surface area contributed by atoms with Crippen LogP contribution in [0.15, 0.2) is 48.5 Å². The van der Waals surface area contributed by atoms with E-state index in [0.29, 0.717) is 11.3 Å². The van der Waals surface area contributed by atoms with Crippen molar-refractivity contribution in [2.75, 3.05) is 4.90 Å². The van der Waals surface area contributed by atoms with Gasteiger partial charge in [0.05, 0.1) is 11.3 Å². The molecule has 138 valence electrons. The molecule has 27 heavy (non-hydrogen) atoms. The number of amides is 2. The first-order valence-corrected chi connectivity index (χ1v) is 8.68.